The molecule has 0 spiro atoms. The summed E-state index contributed by atoms with van der Waals surface area (Å²) in [5.74, 6) is 0.675. The first-order chi connectivity index (χ1) is 13.0. The second-order valence-electron chi connectivity index (χ2n) is 6.37. The quantitative estimate of drug-likeness (QED) is 0.762. The number of nitrogens with zero attached hydrogens (tertiary/aromatic N) is 1. The number of benzene rings is 1. The summed E-state index contributed by atoms with van der Waals surface area (Å²) in [5.41, 5.74) is -0.747. The van der Waals surface area contributed by atoms with Gasteiger partial charge in [0.25, 0.3) is 5.91 Å². The Hall–Kier alpha value is -3.49. The number of rotatable bonds is 5. The number of imide groups is 1. The summed E-state index contributed by atoms with van der Waals surface area (Å²) in [5, 5.41) is 5.27. The summed E-state index contributed by atoms with van der Waals surface area (Å²) >= 11 is 0. The average Bonchev–Trinajstić information content (AvgIpc) is 3.37. The number of carbonyl (C=O) groups excluding carboxylic acids is 3. The zero-order valence-corrected chi connectivity index (χ0v) is 14.5. The van der Waals surface area contributed by atoms with Gasteiger partial charge in [-0.05, 0) is 36.8 Å². The van der Waals surface area contributed by atoms with Crippen LogP contribution in [0, 0.1) is 0 Å². The Kier molecular flexibility index (Phi) is 3.98. The van der Waals surface area contributed by atoms with E-state index in [0.717, 1.165) is 4.90 Å². The number of amides is 4. The molecule has 140 valence electrons. The van der Waals surface area contributed by atoms with Crippen LogP contribution < -0.4 is 20.1 Å². The highest BCUT2D eigenvalue weighted by atomic mass is 16.7. The fourth-order valence-corrected chi connectivity index (χ4v) is 3.04. The van der Waals surface area contributed by atoms with Crippen LogP contribution in [-0.4, -0.2) is 36.1 Å². The van der Waals surface area contributed by atoms with E-state index in [4.69, 9.17) is 13.9 Å². The van der Waals surface area contributed by atoms with Crippen molar-refractivity contribution >= 4 is 17.8 Å². The number of carbonyl (C=O) groups is 3. The van der Waals surface area contributed by atoms with Crippen molar-refractivity contribution in [2.75, 3.05) is 13.3 Å². The van der Waals surface area contributed by atoms with E-state index >= 15 is 0 Å². The molecular formula is C18H17N3O6. The minimum atomic E-state index is -1.29. The molecule has 3 heterocycles. The van der Waals surface area contributed by atoms with E-state index in [1.807, 2.05) is 0 Å². The summed E-state index contributed by atoms with van der Waals surface area (Å²) in [6, 6.07) is 7.81. The van der Waals surface area contributed by atoms with Crippen molar-refractivity contribution in [1.29, 1.82) is 0 Å². The zero-order chi connectivity index (χ0) is 19.0. The van der Waals surface area contributed by atoms with Crippen molar-refractivity contribution in [3.8, 4) is 11.5 Å². The molecule has 1 saturated heterocycles. The maximum atomic E-state index is 12.9. The number of hydrogen-bond acceptors (Lipinski definition) is 6. The lowest BCUT2D eigenvalue weighted by Gasteiger charge is -2.22. The van der Waals surface area contributed by atoms with Crippen LogP contribution in [0.1, 0.15) is 18.2 Å². The summed E-state index contributed by atoms with van der Waals surface area (Å²) in [7, 11) is 0. The van der Waals surface area contributed by atoms with Crippen LogP contribution in [0.5, 0.6) is 11.5 Å². The monoisotopic (exact) mass is 371 g/mol. The minimum absolute atomic E-state index is 0.109. The molecule has 2 aromatic rings. The molecule has 1 aromatic heterocycles. The van der Waals surface area contributed by atoms with Crippen LogP contribution >= 0.6 is 0 Å². The molecule has 2 N–H and O–H groups in total. The molecule has 1 fully saturated rings. The summed E-state index contributed by atoms with van der Waals surface area (Å²) in [6.07, 6.45) is 1.50. The molecule has 4 rings (SSSR count). The largest absolute Gasteiger partial charge is 0.467 e. The SMILES string of the molecule is C[C@]1(c2ccc3c(c2)OCO3)NC(=O)N(CC(=O)NCc2ccco2)C1=O. The molecule has 1 atom stereocenters. The van der Waals surface area contributed by atoms with Gasteiger partial charge in [-0.1, -0.05) is 6.07 Å². The van der Waals surface area contributed by atoms with Gasteiger partial charge in [0.05, 0.1) is 12.8 Å². The summed E-state index contributed by atoms with van der Waals surface area (Å²) in [6.45, 7) is 1.49. The molecule has 27 heavy (non-hydrogen) atoms. The molecule has 2 aliphatic rings. The molecule has 2 aliphatic heterocycles. The van der Waals surface area contributed by atoms with Gasteiger partial charge in [0.2, 0.25) is 12.7 Å². The van der Waals surface area contributed by atoms with E-state index in [1.165, 1.54) is 6.26 Å². The van der Waals surface area contributed by atoms with Gasteiger partial charge in [-0.15, -0.1) is 0 Å². The lowest BCUT2D eigenvalue weighted by atomic mass is 9.91. The van der Waals surface area contributed by atoms with E-state index in [0.29, 0.717) is 22.8 Å². The first kappa shape index (κ1) is 17.0. The van der Waals surface area contributed by atoms with Crippen LogP contribution in [0.4, 0.5) is 4.79 Å². The van der Waals surface area contributed by atoms with Crippen molar-refractivity contribution < 1.29 is 28.3 Å². The number of fused-ring (bicyclic) bond motifs is 1. The van der Waals surface area contributed by atoms with E-state index in [-0.39, 0.29) is 19.9 Å². The highest BCUT2D eigenvalue weighted by Gasteiger charge is 2.49. The van der Waals surface area contributed by atoms with Crippen LogP contribution in [0.15, 0.2) is 41.0 Å². The van der Waals surface area contributed by atoms with Gasteiger partial charge in [0.15, 0.2) is 11.5 Å². The molecule has 0 aliphatic carbocycles. The third-order valence-electron chi connectivity index (χ3n) is 4.57. The van der Waals surface area contributed by atoms with Crippen molar-refractivity contribution in [3.63, 3.8) is 0 Å². The van der Waals surface area contributed by atoms with Crippen molar-refractivity contribution in [3.05, 3.63) is 47.9 Å². The first-order valence-corrected chi connectivity index (χ1v) is 8.31. The molecule has 0 bridgehead atoms. The molecule has 9 heteroatoms. The Morgan fingerprint density at radius 3 is 2.85 bits per heavy atom. The number of ether oxygens (including phenoxy) is 2. The topological polar surface area (TPSA) is 110 Å². The molecule has 1 aromatic carbocycles. The summed E-state index contributed by atoms with van der Waals surface area (Å²) < 4.78 is 15.7. The van der Waals surface area contributed by atoms with E-state index in [1.54, 1.807) is 37.3 Å². The van der Waals surface area contributed by atoms with Gasteiger partial charge >= 0.3 is 6.03 Å². The normalized spacial score (nSPS) is 20.7. The number of furan rings is 1. The Morgan fingerprint density at radius 2 is 2.07 bits per heavy atom. The molecule has 9 nitrogen and oxygen atoms in total. The smallest absolute Gasteiger partial charge is 0.325 e. The van der Waals surface area contributed by atoms with Gasteiger partial charge < -0.3 is 24.5 Å². The predicted molar refractivity (Wildman–Crippen MR) is 90.7 cm³/mol. The third kappa shape index (κ3) is 2.97. The number of hydrogen-bond donors (Lipinski definition) is 2. The highest BCUT2D eigenvalue weighted by molar-refractivity contribution is 6.09. The van der Waals surface area contributed by atoms with Gasteiger partial charge in [-0.2, -0.15) is 0 Å². The fourth-order valence-electron chi connectivity index (χ4n) is 3.04. The van der Waals surface area contributed by atoms with E-state index < -0.39 is 23.4 Å². The number of urea groups is 1. The average molecular weight is 371 g/mol. The third-order valence-corrected chi connectivity index (χ3v) is 4.57. The lowest BCUT2D eigenvalue weighted by molar-refractivity contribution is -0.134. The van der Waals surface area contributed by atoms with Gasteiger partial charge in [-0.3, -0.25) is 14.5 Å². The Labute approximate surface area is 154 Å². The second kappa shape index (κ2) is 6.35. The van der Waals surface area contributed by atoms with Crippen molar-refractivity contribution in [2.45, 2.75) is 19.0 Å². The molecule has 0 unspecified atom stereocenters. The second-order valence-corrected chi connectivity index (χ2v) is 6.37. The zero-order valence-electron chi connectivity index (χ0n) is 14.5. The van der Waals surface area contributed by atoms with E-state index in [9.17, 15) is 14.4 Å². The van der Waals surface area contributed by atoms with Crippen molar-refractivity contribution in [1.82, 2.24) is 15.5 Å². The van der Waals surface area contributed by atoms with Crippen LogP contribution in [-0.2, 0) is 21.7 Å². The maximum absolute atomic E-state index is 12.9. The first-order valence-electron chi connectivity index (χ1n) is 8.31. The molecule has 4 amide bonds. The molecular weight excluding hydrogens is 354 g/mol. The van der Waals surface area contributed by atoms with Crippen molar-refractivity contribution in [2.24, 2.45) is 0 Å². The Balaban J connectivity index is 1.47. The van der Waals surface area contributed by atoms with E-state index in [2.05, 4.69) is 10.6 Å². The molecule has 0 radical (unpaired) electrons. The van der Waals surface area contributed by atoms with Gasteiger partial charge in [0, 0.05) is 0 Å². The highest BCUT2D eigenvalue weighted by Crippen LogP contribution is 2.37. The van der Waals surface area contributed by atoms with Crippen LogP contribution in [0.2, 0.25) is 0 Å². The Bertz CT molecular complexity index is 910. The van der Waals surface area contributed by atoms with Gasteiger partial charge in [0.1, 0.15) is 17.8 Å². The number of nitrogens with one attached hydrogen (secondary N) is 2. The summed E-state index contributed by atoms with van der Waals surface area (Å²) in [4.78, 5) is 38.2. The van der Waals surface area contributed by atoms with Gasteiger partial charge in [-0.25, -0.2) is 4.79 Å². The van der Waals surface area contributed by atoms with Crippen LogP contribution in [0.3, 0.4) is 0 Å². The lowest BCUT2D eigenvalue weighted by Crippen LogP contribution is -2.43. The molecule has 0 saturated carbocycles. The Morgan fingerprint density at radius 1 is 1.26 bits per heavy atom. The van der Waals surface area contributed by atoms with Crippen LogP contribution in [0.25, 0.3) is 0 Å². The minimum Gasteiger partial charge on any atom is -0.467 e. The fraction of sp³-hybridized carbons (Fsp3) is 0.278. The predicted octanol–water partition coefficient (Wildman–Crippen LogP) is 1.09. The maximum Gasteiger partial charge on any atom is 0.325 e. The standard InChI is InChI=1S/C18H17N3O6/c1-18(11-4-5-13-14(7-11)27-10-26-13)16(23)21(17(24)20-18)9-15(22)19-8-12-3-2-6-25-12/h2-7H,8-10H2,1H3,(H,19,22)(H,20,24)/t18-/m1/s1.